The van der Waals surface area contributed by atoms with Gasteiger partial charge in [0.25, 0.3) is 0 Å². The summed E-state index contributed by atoms with van der Waals surface area (Å²) in [5.41, 5.74) is 2.30. The third kappa shape index (κ3) is 3.10. The van der Waals surface area contributed by atoms with Gasteiger partial charge < -0.3 is 10.2 Å². The number of aryl methyl sites for hydroxylation is 1. The van der Waals surface area contributed by atoms with Crippen LogP contribution in [0.15, 0.2) is 28.7 Å². The van der Waals surface area contributed by atoms with E-state index < -0.39 is 0 Å². The lowest BCUT2D eigenvalue weighted by Gasteiger charge is -2.22. The zero-order valence-corrected chi connectivity index (χ0v) is 13.8. The summed E-state index contributed by atoms with van der Waals surface area (Å²) < 4.78 is 1.11. The molecule has 0 aliphatic rings. The van der Waals surface area contributed by atoms with Gasteiger partial charge >= 0.3 is 0 Å². The molecule has 20 heavy (non-hydrogen) atoms. The van der Waals surface area contributed by atoms with E-state index in [0.717, 1.165) is 34.0 Å². The van der Waals surface area contributed by atoms with Gasteiger partial charge in [-0.15, -0.1) is 0 Å². The van der Waals surface area contributed by atoms with Gasteiger partial charge in [-0.25, -0.2) is 9.97 Å². The first kappa shape index (κ1) is 14.8. The van der Waals surface area contributed by atoms with E-state index in [4.69, 9.17) is 0 Å². The minimum absolute atomic E-state index is 0.772. The Balaban J connectivity index is 2.32. The quantitative estimate of drug-likeness (QED) is 0.928. The van der Waals surface area contributed by atoms with E-state index in [0.29, 0.717) is 0 Å². The monoisotopic (exact) mass is 334 g/mol. The van der Waals surface area contributed by atoms with E-state index in [9.17, 15) is 0 Å². The van der Waals surface area contributed by atoms with Crippen LogP contribution in [0.25, 0.3) is 0 Å². The smallest absolute Gasteiger partial charge is 0.137 e. The number of nitrogens with one attached hydrogen (secondary N) is 1. The Labute approximate surface area is 128 Å². The fourth-order valence-corrected chi connectivity index (χ4v) is 2.60. The van der Waals surface area contributed by atoms with E-state index >= 15 is 0 Å². The lowest BCUT2D eigenvalue weighted by molar-refractivity contribution is 0.868. The van der Waals surface area contributed by atoms with Crippen molar-refractivity contribution in [1.82, 2.24) is 9.97 Å². The standard InChI is InChI=1S/C15H19BrN4/c1-10-14(17-3)18-11(2)19-15(10)20(4)9-12-7-5-6-8-13(12)16/h5-8H,9H2,1-4H3,(H,17,18,19). The molecule has 0 aliphatic heterocycles. The highest BCUT2D eigenvalue weighted by atomic mass is 79.9. The van der Waals surface area contributed by atoms with Gasteiger partial charge in [0.2, 0.25) is 0 Å². The highest BCUT2D eigenvalue weighted by Crippen LogP contribution is 2.25. The molecule has 106 valence electrons. The molecule has 2 rings (SSSR count). The molecule has 0 amide bonds. The van der Waals surface area contributed by atoms with Gasteiger partial charge in [-0.2, -0.15) is 0 Å². The van der Waals surface area contributed by atoms with Crippen molar-refractivity contribution in [3.8, 4) is 0 Å². The van der Waals surface area contributed by atoms with Gasteiger partial charge in [-0.3, -0.25) is 0 Å². The van der Waals surface area contributed by atoms with Crippen molar-refractivity contribution in [1.29, 1.82) is 0 Å². The summed E-state index contributed by atoms with van der Waals surface area (Å²) in [5, 5.41) is 3.12. The van der Waals surface area contributed by atoms with Crippen LogP contribution >= 0.6 is 15.9 Å². The van der Waals surface area contributed by atoms with Gasteiger partial charge in [0.1, 0.15) is 17.5 Å². The molecule has 0 aliphatic carbocycles. The average molecular weight is 335 g/mol. The summed E-state index contributed by atoms with van der Waals surface area (Å²) in [4.78, 5) is 11.1. The van der Waals surface area contributed by atoms with Crippen LogP contribution in [0.4, 0.5) is 11.6 Å². The SMILES string of the molecule is CNc1nc(C)nc(N(C)Cc2ccccc2Br)c1C. The van der Waals surface area contributed by atoms with E-state index in [-0.39, 0.29) is 0 Å². The summed E-state index contributed by atoms with van der Waals surface area (Å²) in [7, 11) is 3.93. The molecule has 1 heterocycles. The van der Waals surface area contributed by atoms with Crippen molar-refractivity contribution in [2.45, 2.75) is 20.4 Å². The van der Waals surface area contributed by atoms with E-state index in [2.05, 4.69) is 48.2 Å². The van der Waals surface area contributed by atoms with Crippen LogP contribution in [0.2, 0.25) is 0 Å². The van der Waals surface area contributed by atoms with Crippen LogP contribution in [-0.2, 0) is 6.54 Å². The van der Waals surface area contributed by atoms with Crippen LogP contribution in [-0.4, -0.2) is 24.1 Å². The number of halogens is 1. The first-order valence-electron chi connectivity index (χ1n) is 6.50. The molecule has 0 spiro atoms. The van der Waals surface area contributed by atoms with Crippen molar-refractivity contribution in [3.63, 3.8) is 0 Å². The Morgan fingerprint density at radius 2 is 1.90 bits per heavy atom. The Kier molecular flexibility index (Phi) is 4.60. The first-order valence-corrected chi connectivity index (χ1v) is 7.29. The summed E-state index contributed by atoms with van der Waals surface area (Å²) in [6, 6.07) is 8.24. The van der Waals surface area contributed by atoms with Crippen molar-refractivity contribution in [2.75, 3.05) is 24.3 Å². The molecule has 2 aromatic rings. The molecule has 0 saturated heterocycles. The number of hydrogen-bond acceptors (Lipinski definition) is 4. The van der Waals surface area contributed by atoms with Crippen molar-refractivity contribution >= 4 is 27.6 Å². The molecular formula is C15H19BrN4. The topological polar surface area (TPSA) is 41.1 Å². The van der Waals surface area contributed by atoms with Crippen LogP contribution in [0, 0.1) is 13.8 Å². The van der Waals surface area contributed by atoms with E-state index in [1.54, 1.807) is 0 Å². The number of rotatable bonds is 4. The molecule has 0 bridgehead atoms. The maximum atomic E-state index is 4.57. The molecule has 1 aromatic heterocycles. The summed E-state index contributed by atoms with van der Waals surface area (Å²) in [6.07, 6.45) is 0. The third-order valence-electron chi connectivity index (χ3n) is 3.20. The predicted octanol–water partition coefficient (Wildman–Crippen LogP) is 3.53. The molecule has 0 radical (unpaired) electrons. The Morgan fingerprint density at radius 3 is 2.55 bits per heavy atom. The zero-order valence-electron chi connectivity index (χ0n) is 12.2. The van der Waals surface area contributed by atoms with Crippen LogP contribution in [0.1, 0.15) is 17.0 Å². The highest BCUT2D eigenvalue weighted by molar-refractivity contribution is 9.10. The second-order valence-corrected chi connectivity index (χ2v) is 5.62. The predicted molar refractivity (Wildman–Crippen MR) is 87.3 cm³/mol. The minimum Gasteiger partial charge on any atom is -0.373 e. The number of hydrogen-bond donors (Lipinski definition) is 1. The Bertz CT molecular complexity index is 613. The third-order valence-corrected chi connectivity index (χ3v) is 3.97. The Morgan fingerprint density at radius 1 is 1.20 bits per heavy atom. The fraction of sp³-hybridized carbons (Fsp3) is 0.333. The molecule has 5 heteroatoms. The summed E-state index contributed by atoms with van der Waals surface area (Å²) >= 11 is 3.59. The largest absolute Gasteiger partial charge is 0.373 e. The average Bonchev–Trinajstić information content (AvgIpc) is 2.43. The lowest BCUT2D eigenvalue weighted by atomic mass is 10.2. The second-order valence-electron chi connectivity index (χ2n) is 4.77. The van der Waals surface area contributed by atoms with Gasteiger partial charge in [0.15, 0.2) is 0 Å². The van der Waals surface area contributed by atoms with Gasteiger partial charge in [0, 0.05) is 30.7 Å². The van der Waals surface area contributed by atoms with Gasteiger partial charge in [-0.05, 0) is 25.5 Å². The van der Waals surface area contributed by atoms with Crippen molar-refractivity contribution in [2.24, 2.45) is 0 Å². The van der Waals surface area contributed by atoms with Crippen molar-refractivity contribution in [3.05, 3.63) is 45.7 Å². The number of nitrogens with zero attached hydrogens (tertiary/aromatic N) is 3. The number of anilines is 2. The Hall–Kier alpha value is -1.62. The molecule has 0 atom stereocenters. The molecule has 1 N–H and O–H groups in total. The van der Waals surface area contributed by atoms with Gasteiger partial charge in [-0.1, -0.05) is 34.1 Å². The van der Waals surface area contributed by atoms with Crippen molar-refractivity contribution < 1.29 is 0 Å². The van der Waals surface area contributed by atoms with Gasteiger partial charge in [0.05, 0.1) is 0 Å². The normalized spacial score (nSPS) is 10.4. The van der Waals surface area contributed by atoms with Crippen LogP contribution in [0.3, 0.4) is 0 Å². The van der Waals surface area contributed by atoms with Crippen LogP contribution < -0.4 is 10.2 Å². The first-order chi connectivity index (χ1) is 9.52. The summed E-state index contributed by atoms with van der Waals surface area (Å²) in [6.45, 7) is 4.75. The molecule has 0 unspecified atom stereocenters. The fourth-order valence-electron chi connectivity index (χ4n) is 2.19. The maximum absolute atomic E-state index is 4.57. The lowest BCUT2D eigenvalue weighted by Crippen LogP contribution is -2.20. The molecule has 1 aromatic carbocycles. The highest BCUT2D eigenvalue weighted by Gasteiger charge is 2.13. The molecule has 0 fully saturated rings. The second kappa shape index (κ2) is 6.22. The minimum atomic E-state index is 0.772. The zero-order chi connectivity index (χ0) is 14.7. The van der Waals surface area contributed by atoms with E-state index in [1.807, 2.05) is 40.1 Å². The molecule has 0 saturated carbocycles. The number of benzene rings is 1. The molecular weight excluding hydrogens is 316 g/mol. The van der Waals surface area contributed by atoms with Crippen LogP contribution in [0.5, 0.6) is 0 Å². The number of aromatic nitrogens is 2. The summed E-state index contributed by atoms with van der Waals surface area (Å²) in [5.74, 6) is 2.61. The maximum Gasteiger partial charge on any atom is 0.137 e. The molecule has 4 nitrogen and oxygen atoms in total. The van der Waals surface area contributed by atoms with E-state index in [1.165, 1.54) is 5.56 Å².